The molecule has 0 radical (unpaired) electrons. The SMILES string of the molecule is Cc1cccc(/C=N/Nc2ncc(C(F)(F)F)cc2Cl)c1. The number of nitrogens with one attached hydrogen (secondary N) is 1. The van der Waals surface area contributed by atoms with E-state index in [9.17, 15) is 13.2 Å². The molecule has 0 aliphatic rings. The predicted octanol–water partition coefficient (Wildman–Crippen LogP) is 4.51. The molecule has 0 atom stereocenters. The van der Waals surface area contributed by atoms with Crippen LogP contribution >= 0.6 is 11.6 Å². The van der Waals surface area contributed by atoms with Crippen LogP contribution in [0.2, 0.25) is 5.02 Å². The Kier molecular flexibility index (Phi) is 4.47. The van der Waals surface area contributed by atoms with Gasteiger partial charge in [-0.05, 0) is 18.6 Å². The molecule has 1 N–H and O–H groups in total. The molecule has 110 valence electrons. The van der Waals surface area contributed by atoms with Crippen LogP contribution in [-0.2, 0) is 6.18 Å². The lowest BCUT2D eigenvalue weighted by Crippen LogP contribution is -2.06. The second-order valence-corrected chi connectivity index (χ2v) is 4.74. The van der Waals surface area contributed by atoms with Gasteiger partial charge in [-0.15, -0.1) is 0 Å². The fraction of sp³-hybridized carbons (Fsp3) is 0.143. The number of hydrazone groups is 1. The van der Waals surface area contributed by atoms with Crippen molar-refractivity contribution in [3.05, 3.63) is 58.2 Å². The summed E-state index contributed by atoms with van der Waals surface area (Å²) in [4.78, 5) is 3.62. The molecule has 0 aliphatic heterocycles. The third-order valence-electron chi connectivity index (χ3n) is 2.59. The van der Waals surface area contributed by atoms with Gasteiger partial charge in [-0.25, -0.2) is 4.98 Å². The lowest BCUT2D eigenvalue weighted by molar-refractivity contribution is -0.137. The Bertz CT molecular complexity index is 669. The Hall–Kier alpha value is -2.08. The van der Waals surface area contributed by atoms with E-state index in [1.807, 2.05) is 31.2 Å². The first kappa shape index (κ1) is 15.3. The van der Waals surface area contributed by atoms with Crippen LogP contribution in [0.15, 0.2) is 41.6 Å². The molecule has 0 amide bonds. The molecule has 0 aliphatic carbocycles. The van der Waals surface area contributed by atoms with Gasteiger partial charge in [0.05, 0.1) is 16.8 Å². The summed E-state index contributed by atoms with van der Waals surface area (Å²) in [6.07, 6.45) is -2.24. The van der Waals surface area contributed by atoms with Crippen molar-refractivity contribution >= 4 is 23.6 Å². The maximum absolute atomic E-state index is 12.5. The van der Waals surface area contributed by atoms with Gasteiger partial charge < -0.3 is 0 Å². The van der Waals surface area contributed by atoms with Crippen molar-refractivity contribution in [3.8, 4) is 0 Å². The highest BCUT2D eigenvalue weighted by atomic mass is 35.5. The second-order valence-electron chi connectivity index (χ2n) is 4.34. The monoisotopic (exact) mass is 313 g/mol. The van der Waals surface area contributed by atoms with Crippen LogP contribution in [0.5, 0.6) is 0 Å². The third kappa shape index (κ3) is 4.19. The summed E-state index contributed by atoms with van der Waals surface area (Å²) >= 11 is 5.74. The zero-order chi connectivity index (χ0) is 15.5. The van der Waals surface area contributed by atoms with E-state index in [1.165, 1.54) is 6.21 Å². The zero-order valence-corrected chi connectivity index (χ0v) is 11.7. The van der Waals surface area contributed by atoms with Crippen LogP contribution in [0.3, 0.4) is 0 Å². The number of nitrogens with zero attached hydrogens (tertiary/aromatic N) is 2. The molecule has 1 heterocycles. The summed E-state index contributed by atoms with van der Waals surface area (Å²) in [6.45, 7) is 1.94. The van der Waals surface area contributed by atoms with E-state index in [0.29, 0.717) is 6.20 Å². The normalized spacial score (nSPS) is 11.9. The number of rotatable bonds is 3. The van der Waals surface area contributed by atoms with Gasteiger partial charge in [0.1, 0.15) is 0 Å². The summed E-state index contributed by atoms with van der Waals surface area (Å²) in [7, 11) is 0. The molecule has 1 aromatic carbocycles. The topological polar surface area (TPSA) is 37.3 Å². The molecule has 0 fully saturated rings. The van der Waals surface area contributed by atoms with Crippen molar-refractivity contribution in [1.29, 1.82) is 0 Å². The van der Waals surface area contributed by atoms with Crippen LogP contribution in [0, 0.1) is 6.92 Å². The second kappa shape index (κ2) is 6.13. The molecule has 0 saturated carbocycles. The Balaban J connectivity index is 2.10. The zero-order valence-electron chi connectivity index (χ0n) is 10.9. The van der Waals surface area contributed by atoms with E-state index in [2.05, 4.69) is 15.5 Å². The molecule has 0 saturated heterocycles. The van der Waals surface area contributed by atoms with E-state index < -0.39 is 11.7 Å². The molecule has 21 heavy (non-hydrogen) atoms. The molecule has 1 aromatic heterocycles. The van der Waals surface area contributed by atoms with Crippen molar-refractivity contribution in [2.75, 3.05) is 5.43 Å². The summed E-state index contributed by atoms with van der Waals surface area (Å²) in [5.41, 5.74) is 3.54. The fourth-order valence-corrected chi connectivity index (χ4v) is 1.80. The van der Waals surface area contributed by atoms with Gasteiger partial charge in [0.25, 0.3) is 0 Å². The first-order chi connectivity index (χ1) is 9.86. The number of hydrogen-bond donors (Lipinski definition) is 1. The van der Waals surface area contributed by atoms with Crippen molar-refractivity contribution in [2.24, 2.45) is 5.10 Å². The maximum atomic E-state index is 12.5. The van der Waals surface area contributed by atoms with Crippen molar-refractivity contribution in [1.82, 2.24) is 4.98 Å². The highest BCUT2D eigenvalue weighted by Crippen LogP contribution is 2.32. The van der Waals surface area contributed by atoms with Gasteiger partial charge in [-0.3, -0.25) is 5.43 Å². The minimum absolute atomic E-state index is 0.0635. The molecule has 3 nitrogen and oxygen atoms in total. The van der Waals surface area contributed by atoms with Crippen LogP contribution in [0.1, 0.15) is 16.7 Å². The quantitative estimate of drug-likeness (QED) is 0.669. The van der Waals surface area contributed by atoms with Crippen molar-refractivity contribution in [3.63, 3.8) is 0 Å². The smallest absolute Gasteiger partial charge is 0.260 e. The van der Waals surface area contributed by atoms with Gasteiger partial charge in [0.15, 0.2) is 5.82 Å². The average Bonchev–Trinajstić information content (AvgIpc) is 2.39. The van der Waals surface area contributed by atoms with Crippen molar-refractivity contribution in [2.45, 2.75) is 13.1 Å². The van der Waals surface area contributed by atoms with Crippen LogP contribution in [-0.4, -0.2) is 11.2 Å². The largest absolute Gasteiger partial charge is 0.417 e. The highest BCUT2D eigenvalue weighted by molar-refractivity contribution is 6.32. The summed E-state index contributed by atoms with van der Waals surface area (Å²) < 4.78 is 37.4. The number of aromatic nitrogens is 1. The Morgan fingerprint density at radius 2 is 2.05 bits per heavy atom. The molecule has 0 unspecified atom stereocenters. The van der Waals surface area contributed by atoms with Gasteiger partial charge >= 0.3 is 6.18 Å². The number of anilines is 1. The Morgan fingerprint density at radius 3 is 2.67 bits per heavy atom. The number of hydrogen-bond acceptors (Lipinski definition) is 3. The van der Waals surface area contributed by atoms with E-state index in [0.717, 1.165) is 17.2 Å². The van der Waals surface area contributed by atoms with E-state index in [1.54, 1.807) is 0 Å². The lowest BCUT2D eigenvalue weighted by Gasteiger charge is -2.08. The molecule has 2 aromatic rings. The van der Waals surface area contributed by atoms with Crippen LogP contribution in [0.4, 0.5) is 19.0 Å². The Morgan fingerprint density at radius 1 is 1.29 bits per heavy atom. The average molecular weight is 314 g/mol. The van der Waals surface area contributed by atoms with Gasteiger partial charge in [-0.1, -0.05) is 41.4 Å². The molecule has 0 bridgehead atoms. The van der Waals surface area contributed by atoms with Crippen LogP contribution in [0.25, 0.3) is 0 Å². The van der Waals surface area contributed by atoms with Crippen LogP contribution < -0.4 is 5.43 Å². The molecular formula is C14H11ClF3N3. The minimum Gasteiger partial charge on any atom is -0.260 e. The first-order valence-corrected chi connectivity index (χ1v) is 6.32. The predicted molar refractivity (Wildman–Crippen MR) is 76.6 cm³/mol. The lowest BCUT2D eigenvalue weighted by atomic mass is 10.2. The molecule has 7 heteroatoms. The number of aryl methyl sites for hydroxylation is 1. The molecule has 0 spiro atoms. The summed E-state index contributed by atoms with van der Waals surface area (Å²) in [5, 5.41) is 3.76. The van der Waals surface area contributed by atoms with E-state index in [4.69, 9.17) is 11.6 Å². The van der Waals surface area contributed by atoms with E-state index in [-0.39, 0.29) is 10.8 Å². The summed E-state index contributed by atoms with van der Waals surface area (Å²) in [5.74, 6) is 0.0635. The standard InChI is InChI=1S/C14H11ClF3N3/c1-9-3-2-4-10(5-9)7-20-21-13-12(15)6-11(8-19-13)14(16,17)18/h2-8H,1H3,(H,19,21)/b20-7+. The third-order valence-corrected chi connectivity index (χ3v) is 2.88. The minimum atomic E-state index is -4.47. The maximum Gasteiger partial charge on any atom is 0.417 e. The Labute approximate surface area is 124 Å². The number of alkyl halides is 3. The number of pyridine rings is 1. The first-order valence-electron chi connectivity index (χ1n) is 5.95. The van der Waals surface area contributed by atoms with Gasteiger partial charge in [0.2, 0.25) is 0 Å². The van der Waals surface area contributed by atoms with E-state index >= 15 is 0 Å². The van der Waals surface area contributed by atoms with Crippen molar-refractivity contribution < 1.29 is 13.2 Å². The highest BCUT2D eigenvalue weighted by Gasteiger charge is 2.31. The van der Waals surface area contributed by atoms with Gasteiger partial charge in [-0.2, -0.15) is 18.3 Å². The molecular weight excluding hydrogens is 303 g/mol. The fourth-order valence-electron chi connectivity index (χ4n) is 1.59. The summed E-state index contributed by atoms with van der Waals surface area (Å²) in [6, 6.07) is 8.38. The number of halogens is 4. The number of benzene rings is 1. The van der Waals surface area contributed by atoms with Gasteiger partial charge in [0, 0.05) is 6.20 Å². The molecule has 2 rings (SSSR count).